The van der Waals surface area contributed by atoms with Crippen LogP contribution in [0.25, 0.3) is 0 Å². The van der Waals surface area contributed by atoms with Gasteiger partial charge in [0.15, 0.2) is 5.17 Å². The molecule has 2 aromatic rings. The molecule has 0 aromatic heterocycles. The Labute approximate surface area is 141 Å². The lowest BCUT2D eigenvalue weighted by Gasteiger charge is -2.19. The average molecular weight is 396 g/mol. The quantitative estimate of drug-likeness (QED) is 0.691. The van der Waals surface area contributed by atoms with E-state index in [4.69, 9.17) is 4.99 Å². The van der Waals surface area contributed by atoms with Crippen LogP contribution in [0, 0.1) is 0 Å². The summed E-state index contributed by atoms with van der Waals surface area (Å²) < 4.78 is 0. The fraction of sp³-hybridized carbons (Fsp3) is 0.188. The molecular formula is C16H17IN2S. The van der Waals surface area contributed by atoms with Crippen molar-refractivity contribution in [1.82, 2.24) is 0 Å². The minimum absolute atomic E-state index is 0. The molecule has 0 saturated heterocycles. The molecule has 0 spiro atoms. The minimum atomic E-state index is 0. The molecule has 0 amide bonds. The molecule has 0 N–H and O–H groups in total. The van der Waals surface area contributed by atoms with E-state index in [0.29, 0.717) is 0 Å². The van der Waals surface area contributed by atoms with Crippen molar-refractivity contribution in [3.05, 3.63) is 66.2 Å². The molecule has 20 heavy (non-hydrogen) atoms. The summed E-state index contributed by atoms with van der Waals surface area (Å²) in [6.45, 7) is 0.921. The first-order valence-corrected chi connectivity index (χ1v) is 7.60. The molecule has 0 fully saturated rings. The van der Waals surface area contributed by atoms with Gasteiger partial charge in [-0.15, -0.1) is 24.0 Å². The molecule has 0 aliphatic carbocycles. The SMILES string of the molecule is CSC1=N[C@@H](c2ccccc2)CN1c1ccccc1.I. The largest absolute Gasteiger partial charge is 0.319 e. The van der Waals surface area contributed by atoms with Crippen LogP contribution in [-0.2, 0) is 0 Å². The highest BCUT2D eigenvalue weighted by Crippen LogP contribution is 2.31. The summed E-state index contributed by atoms with van der Waals surface area (Å²) in [5.41, 5.74) is 2.50. The van der Waals surface area contributed by atoms with Crippen molar-refractivity contribution in [3.8, 4) is 0 Å². The van der Waals surface area contributed by atoms with E-state index < -0.39 is 0 Å². The molecular weight excluding hydrogens is 379 g/mol. The molecule has 4 heteroatoms. The van der Waals surface area contributed by atoms with Crippen LogP contribution < -0.4 is 4.90 Å². The molecule has 1 atom stereocenters. The van der Waals surface area contributed by atoms with Crippen LogP contribution in [0.2, 0.25) is 0 Å². The molecule has 0 bridgehead atoms. The maximum Gasteiger partial charge on any atom is 0.164 e. The maximum atomic E-state index is 4.84. The van der Waals surface area contributed by atoms with Gasteiger partial charge in [0.25, 0.3) is 0 Å². The second kappa shape index (κ2) is 7.13. The Kier molecular flexibility index (Phi) is 5.48. The number of halogens is 1. The fourth-order valence-electron chi connectivity index (χ4n) is 2.34. The molecule has 1 aliphatic rings. The van der Waals surface area contributed by atoms with E-state index in [1.54, 1.807) is 11.8 Å². The Balaban J connectivity index is 0.00000147. The van der Waals surface area contributed by atoms with Gasteiger partial charge >= 0.3 is 0 Å². The lowest BCUT2D eigenvalue weighted by atomic mass is 10.1. The minimum Gasteiger partial charge on any atom is -0.319 e. The van der Waals surface area contributed by atoms with E-state index in [-0.39, 0.29) is 30.0 Å². The van der Waals surface area contributed by atoms with Crippen LogP contribution in [0.1, 0.15) is 11.6 Å². The van der Waals surface area contributed by atoms with Crippen LogP contribution in [0.4, 0.5) is 5.69 Å². The number of rotatable bonds is 2. The fourth-order valence-corrected chi connectivity index (χ4v) is 2.97. The summed E-state index contributed by atoms with van der Waals surface area (Å²) in [6, 6.07) is 21.2. The summed E-state index contributed by atoms with van der Waals surface area (Å²) in [4.78, 5) is 7.13. The van der Waals surface area contributed by atoms with Crippen molar-refractivity contribution >= 4 is 46.6 Å². The Bertz CT molecular complexity index is 572. The number of aliphatic imine (C=N–C) groups is 1. The van der Waals surface area contributed by atoms with Crippen molar-refractivity contribution in [2.75, 3.05) is 17.7 Å². The lowest BCUT2D eigenvalue weighted by molar-refractivity contribution is 0.780. The first-order chi connectivity index (χ1) is 9.38. The number of para-hydroxylation sites is 1. The standard InChI is InChI=1S/C16H16N2S.HI/c1-19-16-17-15(13-8-4-2-5-9-13)12-18(16)14-10-6-3-7-11-14;/h2-11,15H,12H2,1H3;1H/t15-;/m1./s1. The Hall–Kier alpha value is -1.01. The molecule has 104 valence electrons. The first kappa shape index (κ1) is 15.4. The second-order valence-corrected chi connectivity index (χ2v) is 5.26. The Morgan fingerprint density at radius 3 is 2.20 bits per heavy atom. The molecule has 2 aromatic carbocycles. The van der Waals surface area contributed by atoms with Crippen LogP contribution in [0.5, 0.6) is 0 Å². The van der Waals surface area contributed by atoms with Gasteiger partial charge in [-0.25, -0.2) is 0 Å². The number of nitrogens with zero attached hydrogens (tertiary/aromatic N) is 2. The lowest BCUT2D eigenvalue weighted by Crippen LogP contribution is -2.25. The van der Waals surface area contributed by atoms with E-state index in [1.807, 2.05) is 12.1 Å². The van der Waals surface area contributed by atoms with E-state index in [2.05, 4.69) is 59.7 Å². The molecule has 3 rings (SSSR count). The first-order valence-electron chi connectivity index (χ1n) is 6.38. The van der Waals surface area contributed by atoms with Crippen molar-refractivity contribution in [2.45, 2.75) is 6.04 Å². The Morgan fingerprint density at radius 1 is 1.00 bits per heavy atom. The molecule has 0 unspecified atom stereocenters. The Morgan fingerprint density at radius 2 is 1.60 bits per heavy atom. The zero-order valence-corrected chi connectivity index (χ0v) is 14.4. The van der Waals surface area contributed by atoms with Crippen molar-refractivity contribution in [1.29, 1.82) is 0 Å². The smallest absolute Gasteiger partial charge is 0.164 e. The number of thioether (sulfide) groups is 1. The summed E-state index contributed by atoms with van der Waals surface area (Å²) in [7, 11) is 0. The zero-order valence-electron chi connectivity index (χ0n) is 11.3. The van der Waals surface area contributed by atoms with E-state index in [0.717, 1.165) is 11.7 Å². The van der Waals surface area contributed by atoms with Crippen LogP contribution >= 0.6 is 35.7 Å². The van der Waals surface area contributed by atoms with Gasteiger partial charge in [-0.05, 0) is 24.0 Å². The predicted octanol–water partition coefficient (Wildman–Crippen LogP) is 4.58. The van der Waals surface area contributed by atoms with E-state index in [1.165, 1.54) is 11.3 Å². The predicted molar refractivity (Wildman–Crippen MR) is 99.3 cm³/mol. The third kappa shape index (κ3) is 3.17. The number of benzene rings is 2. The highest BCUT2D eigenvalue weighted by atomic mass is 127. The van der Waals surface area contributed by atoms with Gasteiger partial charge in [-0.1, -0.05) is 60.3 Å². The summed E-state index contributed by atoms with van der Waals surface area (Å²) in [5.74, 6) is 0. The molecule has 0 radical (unpaired) electrons. The van der Waals surface area contributed by atoms with Gasteiger partial charge in [-0.2, -0.15) is 0 Å². The van der Waals surface area contributed by atoms with Crippen LogP contribution in [-0.4, -0.2) is 18.0 Å². The van der Waals surface area contributed by atoms with Crippen molar-refractivity contribution in [3.63, 3.8) is 0 Å². The van der Waals surface area contributed by atoms with Gasteiger partial charge in [0.2, 0.25) is 0 Å². The van der Waals surface area contributed by atoms with E-state index in [9.17, 15) is 0 Å². The van der Waals surface area contributed by atoms with Gasteiger partial charge in [0.05, 0.1) is 12.6 Å². The molecule has 2 nitrogen and oxygen atoms in total. The van der Waals surface area contributed by atoms with Gasteiger partial charge in [-0.3, -0.25) is 4.99 Å². The van der Waals surface area contributed by atoms with Gasteiger partial charge in [0.1, 0.15) is 0 Å². The van der Waals surface area contributed by atoms with Gasteiger partial charge < -0.3 is 4.90 Å². The van der Waals surface area contributed by atoms with Gasteiger partial charge in [0, 0.05) is 5.69 Å². The number of hydrogen-bond donors (Lipinski definition) is 0. The number of hydrogen-bond acceptors (Lipinski definition) is 3. The van der Waals surface area contributed by atoms with Crippen molar-refractivity contribution in [2.24, 2.45) is 4.99 Å². The maximum absolute atomic E-state index is 4.84. The molecule has 1 heterocycles. The normalized spacial score (nSPS) is 17.6. The molecule has 0 saturated carbocycles. The topological polar surface area (TPSA) is 15.6 Å². The monoisotopic (exact) mass is 396 g/mol. The van der Waals surface area contributed by atoms with Crippen molar-refractivity contribution < 1.29 is 0 Å². The van der Waals surface area contributed by atoms with E-state index >= 15 is 0 Å². The third-order valence-corrected chi connectivity index (χ3v) is 3.98. The second-order valence-electron chi connectivity index (χ2n) is 4.49. The summed E-state index contributed by atoms with van der Waals surface area (Å²) >= 11 is 1.71. The van der Waals surface area contributed by atoms with Crippen LogP contribution in [0.3, 0.4) is 0 Å². The number of anilines is 1. The van der Waals surface area contributed by atoms with Crippen LogP contribution in [0.15, 0.2) is 65.7 Å². The number of amidine groups is 1. The summed E-state index contributed by atoms with van der Waals surface area (Å²) in [5, 5.41) is 1.10. The summed E-state index contributed by atoms with van der Waals surface area (Å²) in [6.07, 6.45) is 2.09. The molecule has 1 aliphatic heterocycles. The zero-order chi connectivity index (χ0) is 13.1. The average Bonchev–Trinajstić information content (AvgIpc) is 2.93. The highest BCUT2D eigenvalue weighted by molar-refractivity contribution is 14.0. The highest BCUT2D eigenvalue weighted by Gasteiger charge is 2.26. The third-order valence-electron chi connectivity index (χ3n) is 3.29.